The molecule has 0 amide bonds. The molecule has 0 spiro atoms. The molecule has 0 saturated carbocycles. The molecule has 7 rings (SSSR count). The number of nitrogens with zero attached hydrogens (tertiary/aromatic N) is 1. The van der Waals surface area contributed by atoms with Crippen molar-refractivity contribution in [1.29, 1.82) is 1.34 Å². The number of aromatic amines is 2. The van der Waals surface area contributed by atoms with E-state index >= 15 is 0 Å². The number of nitrogens with one attached hydrogen (secondary N) is 2. The Kier molecular flexibility index (Phi) is 18.2. The Morgan fingerprint density at radius 3 is 1.90 bits per heavy atom. The van der Waals surface area contributed by atoms with Gasteiger partial charge >= 0.3 is 0 Å². The third-order valence-corrected chi connectivity index (χ3v) is 11.5. The van der Waals surface area contributed by atoms with Crippen molar-refractivity contribution in [2.75, 3.05) is 33.3 Å². The maximum Gasteiger partial charge on any atom is 0.133 e. The number of aromatic nitrogens is 3. The van der Waals surface area contributed by atoms with E-state index < -0.39 is 14.6 Å². The van der Waals surface area contributed by atoms with Gasteiger partial charge in [0.25, 0.3) is 0 Å². The molecule has 4 heterocycles. The summed E-state index contributed by atoms with van der Waals surface area (Å²) >= 11 is 5.32. The fraction of sp³-hybridized carbons (Fsp3) is 0.385. The molecule has 1 aliphatic rings. The Morgan fingerprint density at radius 1 is 0.902 bits per heavy atom. The Hall–Kier alpha value is -1.21. The van der Waals surface area contributed by atoms with Crippen LogP contribution in [-0.2, 0) is 44.6 Å². The third kappa shape index (κ3) is 13.5. The number of benzene rings is 3. The predicted octanol–water partition coefficient (Wildman–Crippen LogP) is 10.9. The van der Waals surface area contributed by atoms with Gasteiger partial charge in [0.2, 0.25) is 0 Å². The minimum absolute atomic E-state index is 0. The molecule has 1 aliphatic heterocycles. The fourth-order valence-electron chi connectivity index (χ4n) is 6.29. The second-order valence-corrected chi connectivity index (χ2v) is 21.9. The van der Waals surface area contributed by atoms with E-state index in [2.05, 4.69) is 148 Å². The summed E-state index contributed by atoms with van der Waals surface area (Å²) in [4.78, 5) is 6.84. The SMILES string of the molecule is C.CC(Cc1cc2ccccc2[nH]1)OP(C)(C)=S.CC(Cc1cc2ccccc2[nH]1)OP(C)C.CC1Cc2cc3ccccc3n2P(C)O1.[2H][B].[U]. The molecular weight excluding hydrogens is 932 g/mol. The van der Waals surface area contributed by atoms with Gasteiger partial charge in [-0.2, -0.15) is 0 Å². The van der Waals surface area contributed by atoms with E-state index in [9.17, 15) is 0 Å². The predicted molar refractivity (Wildman–Crippen MR) is 228 cm³/mol. The summed E-state index contributed by atoms with van der Waals surface area (Å²) in [6.45, 7) is 16.9. The number of H-pyrrole nitrogens is 2. The van der Waals surface area contributed by atoms with Crippen molar-refractivity contribution >= 4 is 75.6 Å². The van der Waals surface area contributed by atoms with Crippen molar-refractivity contribution in [2.24, 2.45) is 0 Å². The van der Waals surface area contributed by atoms with Gasteiger partial charge in [0.1, 0.15) is 8.30 Å². The molecule has 0 bridgehead atoms. The number of rotatable bonds is 8. The first kappa shape index (κ1) is 44.2. The van der Waals surface area contributed by atoms with Crippen LogP contribution in [0, 0.1) is 31.1 Å². The summed E-state index contributed by atoms with van der Waals surface area (Å²) in [5.41, 5.74) is 7.59. The summed E-state index contributed by atoms with van der Waals surface area (Å²) < 4.78 is 25.2. The van der Waals surface area contributed by atoms with Crippen LogP contribution in [0.25, 0.3) is 32.7 Å². The fourth-order valence-corrected chi connectivity index (χ4v) is 10.1. The Balaban J connectivity index is 0.000000259. The summed E-state index contributed by atoms with van der Waals surface area (Å²) in [5, 5.41) is 3.86. The second-order valence-electron chi connectivity index (χ2n) is 13.2. The van der Waals surface area contributed by atoms with Crippen LogP contribution in [-0.4, -0.2) is 75.7 Å². The second kappa shape index (κ2) is 21.0. The molecule has 0 fully saturated rings. The average Bonchev–Trinajstić information content (AvgIpc) is 3.75. The van der Waals surface area contributed by atoms with Crippen LogP contribution in [0.15, 0.2) is 91.0 Å². The van der Waals surface area contributed by atoms with Gasteiger partial charge in [-0.1, -0.05) is 73.8 Å². The molecule has 12 heteroatoms. The topological polar surface area (TPSA) is 64.2 Å². The molecular formula is C39H55BN3O3P3SU. The zero-order valence-electron chi connectivity index (χ0n) is 31.5. The molecule has 6 aromatic rings. The smallest absolute Gasteiger partial charge is 0.133 e. The monoisotopic (exact) mass is 988 g/mol. The van der Waals surface area contributed by atoms with E-state index in [1.165, 1.54) is 49.8 Å². The quantitative estimate of drug-likeness (QED) is 0.118. The number of para-hydroxylation sites is 3. The van der Waals surface area contributed by atoms with Gasteiger partial charge < -0.3 is 27.9 Å². The molecule has 0 aliphatic carbocycles. The minimum Gasteiger partial charge on any atom is -0.358 e. The van der Waals surface area contributed by atoms with E-state index in [-0.39, 0.29) is 58.9 Å². The molecule has 0 saturated heterocycles. The van der Waals surface area contributed by atoms with Gasteiger partial charge in [0.15, 0.2) is 0 Å². The minimum atomic E-state index is -1.57. The number of hydrogen-bond acceptors (Lipinski definition) is 4. The van der Waals surface area contributed by atoms with Crippen LogP contribution < -0.4 is 0 Å². The van der Waals surface area contributed by atoms with Gasteiger partial charge in [0.05, 0.1) is 30.1 Å². The molecule has 2 radical (unpaired) electrons. The summed E-state index contributed by atoms with van der Waals surface area (Å²) in [7, 11) is 2.98. The summed E-state index contributed by atoms with van der Waals surface area (Å²) in [6.07, 6.45) is 2.11. The van der Waals surface area contributed by atoms with Gasteiger partial charge in [-0.05, 0) is 103 Å². The largest absolute Gasteiger partial charge is 0.358 e. The van der Waals surface area contributed by atoms with Crippen LogP contribution in [0.3, 0.4) is 0 Å². The van der Waals surface area contributed by atoms with Crippen molar-refractivity contribution in [3.8, 4) is 0 Å². The first-order valence-corrected chi connectivity index (χ1v) is 24.0. The summed E-state index contributed by atoms with van der Waals surface area (Å²) in [5.74, 6) is 0. The van der Waals surface area contributed by atoms with Gasteiger partial charge in [0, 0.05) is 100 Å². The molecule has 4 atom stereocenters. The van der Waals surface area contributed by atoms with Crippen LogP contribution >= 0.6 is 22.7 Å². The van der Waals surface area contributed by atoms with Crippen LogP contribution in [0.1, 0.15) is 45.3 Å². The van der Waals surface area contributed by atoms with E-state index in [1.807, 2.05) is 19.4 Å². The molecule has 3 aromatic heterocycles. The Labute approximate surface area is 340 Å². The zero-order valence-corrected chi connectivity index (χ0v) is 38.2. The van der Waals surface area contributed by atoms with E-state index in [1.54, 1.807) is 0 Å². The maximum atomic E-state index is 5.91. The van der Waals surface area contributed by atoms with E-state index in [0.29, 0.717) is 6.10 Å². The number of hydrogen-bond donors (Lipinski definition) is 2. The van der Waals surface area contributed by atoms with E-state index in [4.69, 9.17) is 26.7 Å². The van der Waals surface area contributed by atoms with Crippen molar-refractivity contribution in [1.82, 2.24) is 14.3 Å². The van der Waals surface area contributed by atoms with Gasteiger partial charge in [-0.15, -0.1) is 0 Å². The maximum absolute atomic E-state index is 5.91. The van der Waals surface area contributed by atoms with E-state index in [0.717, 1.165) is 19.3 Å². The van der Waals surface area contributed by atoms with Crippen LogP contribution in [0.4, 0.5) is 0 Å². The van der Waals surface area contributed by atoms with Gasteiger partial charge in [-0.3, -0.25) is 0 Å². The molecule has 3 aromatic carbocycles. The van der Waals surface area contributed by atoms with Crippen molar-refractivity contribution < 1.29 is 44.7 Å². The molecule has 2 N–H and O–H groups in total. The van der Waals surface area contributed by atoms with Crippen molar-refractivity contribution in [3.63, 3.8) is 0 Å². The van der Waals surface area contributed by atoms with Crippen molar-refractivity contribution in [2.45, 2.75) is 65.8 Å². The normalized spacial score (nSPS) is 16.5. The molecule has 4 unspecified atom stereocenters. The average molecular weight is 989 g/mol. The molecule has 6 nitrogen and oxygen atoms in total. The van der Waals surface area contributed by atoms with Crippen LogP contribution in [0.5, 0.6) is 0 Å². The zero-order chi connectivity index (χ0) is 36.4. The molecule has 272 valence electrons. The summed E-state index contributed by atoms with van der Waals surface area (Å²) in [6, 6.07) is 31.9. The Morgan fingerprint density at radius 2 is 1.39 bits per heavy atom. The first-order chi connectivity index (χ1) is 23.8. The van der Waals surface area contributed by atoms with Crippen molar-refractivity contribution in [3.05, 3.63) is 108 Å². The standard InChI is InChI=1S/C13H18NOPS.C13H18NOP.C12H14NOP.CH4.BH.U/c1-10(15-16(2,3)17)8-12-9-11-6-4-5-7-13(11)14-12;1-10(15-16(2)3)8-12-9-11-6-4-5-7-13(11)14-12;1-9-7-11-8-10-5-3-4-6-12(10)13(11)15(2)14-9;;;/h4-7,9-10,14H,8H2,1-3H3;4-7,9-10,14H,8H2,1-3H3;3-6,8-9H,7H2,1-2H3;1H4;1H;/i;;;;1D;. The van der Waals surface area contributed by atoms with Gasteiger partial charge in [-0.25, -0.2) is 0 Å². The first-order valence-electron chi connectivity index (χ1n) is 17.1. The third-order valence-electron chi connectivity index (χ3n) is 7.88. The van der Waals surface area contributed by atoms with Crippen LogP contribution in [0.2, 0.25) is 0 Å². The number of fused-ring (bicyclic) bond motifs is 5. The Bertz CT molecular complexity index is 1930. The molecule has 51 heavy (non-hydrogen) atoms.